The molecule has 0 spiro atoms. The van der Waals surface area contributed by atoms with Crippen molar-refractivity contribution in [1.29, 1.82) is 0 Å². The first-order valence-electron chi connectivity index (χ1n) is 8.39. The van der Waals surface area contributed by atoms with Gasteiger partial charge in [-0.2, -0.15) is 0 Å². The molecular formula is C17H27BrN4OS. The van der Waals surface area contributed by atoms with Gasteiger partial charge in [0.25, 0.3) is 0 Å². The number of ether oxygens (including phenoxy) is 1. The van der Waals surface area contributed by atoms with Crippen molar-refractivity contribution in [2.75, 3.05) is 45.9 Å². The first-order chi connectivity index (χ1) is 11.6. The van der Waals surface area contributed by atoms with Crippen LogP contribution in [0.2, 0.25) is 0 Å². The van der Waals surface area contributed by atoms with Crippen molar-refractivity contribution in [3.8, 4) is 0 Å². The highest BCUT2D eigenvalue weighted by Crippen LogP contribution is 2.24. The van der Waals surface area contributed by atoms with Crippen molar-refractivity contribution in [2.24, 2.45) is 10.7 Å². The number of halogens is 1. The Morgan fingerprint density at radius 1 is 1.38 bits per heavy atom. The van der Waals surface area contributed by atoms with Crippen LogP contribution in [-0.4, -0.2) is 62.0 Å². The standard InChI is InChI=1S/C17H27BrN4OS/c1-14(24-16-5-3-15(18)4-6-16)13-21-17(19)20-7-2-8-22-9-11-23-12-10-22/h3-6,14H,2,7-13H2,1H3,(H3,19,20,21). The van der Waals surface area contributed by atoms with Crippen LogP contribution in [-0.2, 0) is 4.74 Å². The highest BCUT2D eigenvalue weighted by atomic mass is 79.9. The fraction of sp³-hybridized carbons (Fsp3) is 0.588. The van der Waals surface area contributed by atoms with Crippen LogP contribution >= 0.6 is 27.7 Å². The van der Waals surface area contributed by atoms with Gasteiger partial charge in [0.1, 0.15) is 0 Å². The van der Waals surface area contributed by atoms with Crippen LogP contribution in [0.25, 0.3) is 0 Å². The van der Waals surface area contributed by atoms with Gasteiger partial charge in [0.15, 0.2) is 5.96 Å². The van der Waals surface area contributed by atoms with Crippen molar-refractivity contribution < 1.29 is 4.74 Å². The predicted octanol–water partition coefficient (Wildman–Crippen LogP) is 2.56. The number of hydrogen-bond acceptors (Lipinski definition) is 4. The summed E-state index contributed by atoms with van der Waals surface area (Å²) in [5.74, 6) is 0.542. The summed E-state index contributed by atoms with van der Waals surface area (Å²) >= 11 is 5.26. The maximum Gasteiger partial charge on any atom is 0.188 e. The molecule has 1 unspecified atom stereocenters. The third-order valence-corrected chi connectivity index (χ3v) is 5.36. The quantitative estimate of drug-likeness (QED) is 0.296. The van der Waals surface area contributed by atoms with Crippen molar-refractivity contribution in [2.45, 2.75) is 23.5 Å². The van der Waals surface area contributed by atoms with Crippen molar-refractivity contribution in [3.05, 3.63) is 28.7 Å². The number of nitrogens with two attached hydrogens (primary N) is 1. The number of guanidine groups is 1. The predicted molar refractivity (Wildman–Crippen MR) is 106 cm³/mol. The molecule has 1 aromatic rings. The molecule has 0 amide bonds. The van der Waals surface area contributed by atoms with E-state index in [-0.39, 0.29) is 0 Å². The molecule has 1 aromatic carbocycles. The first-order valence-corrected chi connectivity index (χ1v) is 10.1. The van der Waals surface area contributed by atoms with E-state index in [2.05, 4.69) is 62.3 Å². The maximum absolute atomic E-state index is 5.94. The SMILES string of the molecule is CC(CN=C(N)NCCCN1CCOCC1)Sc1ccc(Br)cc1. The molecule has 1 saturated heterocycles. The fourth-order valence-corrected chi connectivity index (χ4v) is 3.58. The number of morpholine rings is 1. The lowest BCUT2D eigenvalue weighted by atomic mass is 10.3. The van der Waals surface area contributed by atoms with Gasteiger partial charge in [-0.3, -0.25) is 9.89 Å². The molecule has 2 rings (SSSR count). The largest absolute Gasteiger partial charge is 0.379 e. The number of rotatable bonds is 8. The van der Waals surface area contributed by atoms with Crippen LogP contribution < -0.4 is 11.1 Å². The second kappa shape index (κ2) is 11.0. The summed E-state index contributed by atoms with van der Waals surface area (Å²) in [7, 11) is 0. The van der Waals surface area contributed by atoms with Gasteiger partial charge in [-0.1, -0.05) is 22.9 Å². The topological polar surface area (TPSA) is 62.9 Å². The highest BCUT2D eigenvalue weighted by molar-refractivity contribution is 9.10. The van der Waals surface area contributed by atoms with E-state index in [0.717, 1.165) is 50.3 Å². The molecule has 0 bridgehead atoms. The van der Waals surface area contributed by atoms with Crippen LogP contribution in [0, 0.1) is 0 Å². The molecule has 24 heavy (non-hydrogen) atoms. The molecule has 3 N–H and O–H groups in total. The summed E-state index contributed by atoms with van der Waals surface area (Å²) in [5.41, 5.74) is 5.94. The van der Waals surface area contributed by atoms with E-state index in [4.69, 9.17) is 10.5 Å². The number of thioether (sulfide) groups is 1. The third kappa shape index (κ3) is 7.88. The molecule has 1 fully saturated rings. The van der Waals surface area contributed by atoms with E-state index in [9.17, 15) is 0 Å². The van der Waals surface area contributed by atoms with Crippen molar-refractivity contribution >= 4 is 33.7 Å². The molecule has 0 aromatic heterocycles. The zero-order valence-electron chi connectivity index (χ0n) is 14.2. The monoisotopic (exact) mass is 414 g/mol. The Bertz CT molecular complexity index is 506. The number of aliphatic imine (C=N–C) groups is 1. The molecule has 7 heteroatoms. The van der Waals surface area contributed by atoms with E-state index >= 15 is 0 Å². The minimum absolute atomic E-state index is 0.389. The van der Waals surface area contributed by atoms with E-state index in [1.807, 2.05) is 11.8 Å². The van der Waals surface area contributed by atoms with Crippen molar-refractivity contribution in [1.82, 2.24) is 10.2 Å². The van der Waals surface area contributed by atoms with Crippen LogP contribution in [0.4, 0.5) is 0 Å². The van der Waals surface area contributed by atoms with Crippen LogP contribution in [0.15, 0.2) is 38.6 Å². The molecular weight excluding hydrogens is 388 g/mol. The molecule has 1 aliphatic heterocycles. The summed E-state index contributed by atoms with van der Waals surface area (Å²) in [6, 6.07) is 8.34. The molecule has 5 nitrogen and oxygen atoms in total. The molecule has 0 aliphatic carbocycles. The molecule has 134 valence electrons. The summed E-state index contributed by atoms with van der Waals surface area (Å²) in [5, 5.41) is 3.59. The minimum atomic E-state index is 0.389. The van der Waals surface area contributed by atoms with Crippen molar-refractivity contribution in [3.63, 3.8) is 0 Å². The van der Waals surface area contributed by atoms with Crippen LogP contribution in [0.1, 0.15) is 13.3 Å². The van der Waals surface area contributed by atoms with E-state index in [1.54, 1.807) is 0 Å². The normalized spacial score (nSPS) is 17.7. The summed E-state index contributed by atoms with van der Waals surface area (Å²) in [6.45, 7) is 8.60. The second-order valence-corrected chi connectivity index (χ2v) is 8.27. The lowest BCUT2D eigenvalue weighted by Gasteiger charge is -2.26. The van der Waals surface area contributed by atoms with Gasteiger partial charge in [0, 0.05) is 34.3 Å². The molecule has 1 aliphatic rings. The Morgan fingerprint density at radius 2 is 2.08 bits per heavy atom. The third-order valence-electron chi connectivity index (χ3n) is 3.73. The average molecular weight is 415 g/mol. The first kappa shape index (κ1) is 19.6. The Kier molecular flexibility index (Phi) is 8.94. The second-order valence-electron chi connectivity index (χ2n) is 5.84. The lowest BCUT2D eigenvalue weighted by molar-refractivity contribution is 0.0376. The molecule has 1 heterocycles. The van der Waals surface area contributed by atoms with E-state index in [0.29, 0.717) is 17.8 Å². The molecule has 0 saturated carbocycles. The Hall–Kier alpha value is -0.760. The van der Waals surface area contributed by atoms with Gasteiger partial charge in [-0.15, -0.1) is 11.8 Å². The number of benzene rings is 1. The lowest BCUT2D eigenvalue weighted by Crippen LogP contribution is -2.39. The Balaban J connectivity index is 1.59. The Morgan fingerprint density at radius 3 is 2.79 bits per heavy atom. The van der Waals surface area contributed by atoms with Gasteiger partial charge in [0.05, 0.1) is 19.8 Å². The van der Waals surface area contributed by atoms with Crippen LogP contribution in [0.5, 0.6) is 0 Å². The summed E-state index contributed by atoms with van der Waals surface area (Å²) in [4.78, 5) is 8.12. The highest BCUT2D eigenvalue weighted by Gasteiger charge is 2.09. The Labute approximate surface area is 157 Å². The van der Waals surface area contributed by atoms with Gasteiger partial charge >= 0.3 is 0 Å². The average Bonchev–Trinajstić information content (AvgIpc) is 2.60. The maximum atomic E-state index is 5.94. The summed E-state index contributed by atoms with van der Waals surface area (Å²) < 4.78 is 6.45. The fourth-order valence-electron chi connectivity index (χ4n) is 2.41. The van der Waals surface area contributed by atoms with Gasteiger partial charge in [-0.25, -0.2) is 0 Å². The molecule has 0 radical (unpaired) electrons. The van der Waals surface area contributed by atoms with Gasteiger partial charge in [0.2, 0.25) is 0 Å². The van der Waals surface area contributed by atoms with E-state index < -0.39 is 0 Å². The minimum Gasteiger partial charge on any atom is -0.379 e. The zero-order chi connectivity index (χ0) is 17.2. The van der Waals surface area contributed by atoms with Gasteiger partial charge in [-0.05, 0) is 37.2 Å². The van der Waals surface area contributed by atoms with Crippen LogP contribution in [0.3, 0.4) is 0 Å². The zero-order valence-corrected chi connectivity index (χ0v) is 16.6. The number of nitrogens with one attached hydrogen (secondary N) is 1. The smallest absolute Gasteiger partial charge is 0.188 e. The summed E-state index contributed by atoms with van der Waals surface area (Å²) in [6.07, 6.45) is 1.07. The van der Waals surface area contributed by atoms with Gasteiger partial charge < -0.3 is 15.8 Å². The number of nitrogens with zero attached hydrogens (tertiary/aromatic N) is 2. The number of hydrogen-bond donors (Lipinski definition) is 2. The van der Waals surface area contributed by atoms with E-state index in [1.165, 1.54) is 4.90 Å². The molecule has 1 atom stereocenters.